The average molecular weight is 399 g/mol. The predicted molar refractivity (Wildman–Crippen MR) is 119 cm³/mol. The van der Waals surface area contributed by atoms with Crippen molar-refractivity contribution < 1.29 is 14.4 Å². The van der Waals surface area contributed by atoms with E-state index in [-0.39, 0.29) is 23.3 Å². The van der Waals surface area contributed by atoms with E-state index in [0.29, 0.717) is 32.1 Å². The molecule has 3 heteroatoms. The van der Waals surface area contributed by atoms with Crippen molar-refractivity contribution in [3.63, 3.8) is 0 Å². The molecule has 0 aromatic heterocycles. The molecule has 0 aromatic carbocycles. The van der Waals surface area contributed by atoms with Gasteiger partial charge in [-0.25, -0.2) is 0 Å². The molecule has 2 aliphatic rings. The first-order chi connectivity index (χ1) is 13.5. The first-order valence-electron chi connectivity index (χ1n) is 11.0. The molecule has 2 fully saturated rings. The molecule has 0 N–H and O–H groups in total. The fraction of sp³-hybridized carbons (Fsp3) is 0.654. The van der Waals surface area contributed by atoms with Crippen LogP contribution in [0.15, 0.2) is 34.9 Å². The lowest BCUT2D eigenvalue weighted by Crippen LogP contribution is -2.64. The predicted octanol–water partition coefficient (Wildman–Crippen LogP) is 6.19. The number of carbonyl (C=O) groups excluding carboxylic acids is 3. The lowest BCUT2D eigenvalue weighted by Gasteiger charge is -2.54. The Balaban J connectivity index is 2.57. The van der Waals surface area contributed by atoms with Gasteiger partial charge in [0.05, 0.1) is 11.3 Å². The Hall–Kier alpha value is -1.77. The van der Waals surface area contributed by atoms with E-state index >= 15 is 0 Å². The van der Waals surface area contributed by atoms with Crippen molar-refractivity contribution in [3.8, 4) is 0 Å². The summed E-state index contributed by atoms with van der Waals surface area (Å²) < 4.78 is 0. The normalized spacial score (nSPS) is 31.3. The van der Waals surface area contributed by atoms with Crippen molar-refractivity contribution in [2.45, 2.75) is 87.0 Å². The van der Waals surface area contributed by atoms with E-state index in [2.05, 4.69) is 26.0 Å². The smallest absolute Gasteiger partial charge is 0.157 e. The summed E-state index contributed by atoms with van der Waals surface area (Å²) in [6.45, 7) is 14.2. The van der Waals surface area contributed by atoms with E-state index in [4.69, 9.17) is 0 Å². The summed E-state index contributed by atoms with van der Waals surface area (Å²) in [5.74, 6) is -0.941. The number of hydrogen-bond acceptors (Lipinski definition) is 3. The van der Waals surface area contributed by atoms with Crippen LogP contribution in [0.2, 0.25) is 0 Å². The number of allylic oxidation sites excluding steroid dienone is 6. The van der Waals surface area contributed by atoms with Gasteiger partial charge in [0, 0.05) is 12.3 Å². The Morgan fingerprint density at radius 2 is 1.48 bits per heavy atom. The van der Waals surface area contributed by atoms with E-state index < -0.39 is 16.7 Å². The summed E-state index contributed by atoms with van der Waals surface area (Å²) in [5, 5.41) is 0. The highest BCUT2D eigenvalue weighted by Crippen LogP contribution is 2.58. The summed E-state index contributed by atoms with van der Waals surface area (Å²) in [6, 6.07) is 0. The monoisotopic (exact) mass is 398 g/mol. The van der Waals surface area contributed by atoms with Gasteiger partial charge in [0.25, 0.3) is 0 Å². The van der Waals surface area contributed by atoms with Crippen LogP contribution in [-0.4, -0.2) is 17.3 Å². The van der Waals surface area contributed by atoms with Crippen LogP contribution in [-0.2, 0) is 14.4 Å². The van der Waals surface area contributed by atoms with Crippen molar-refractivity contribution in [1.29, 1.82) is 0 Å². The van der Waals surface area contributed by atoms with Crippen molar-refractivity contribution in [2.75, 3.05) is 0 Å². The molecule has 160 valence electrons. The van der Waals surface area contributed by atoms with Crippen LogP contribution >= 0.6 is 0 Å². The van der Waals surface area contributed by atoms with E-state index in [1.807, 2.05) is 40.7 Å². The highest BCUT2D eigenvalue weighted by molar-refractivity contribution is 6.20. The zero-order valence-electron chi connectivity index (χ0n) is 19.4. The number of hydrogen-bond donors (Lipinski definition) is 0. The third kappa shape index (κ3) is 4.54. The zero-order valence-corrected chi connectivity index (χ0v) is 19.4. The Morgan fingerprint density at radius 1 is 0.897 bits per heavy atom. The first-order valence-corrected chi connectivity index (χ1v) is 11.0. The molecule has 0 saturated heterocycles. The zero-order chi connectivity index (χ0) is 22.0. The second-order valence-corrected chi connectivity index (χ2v) is 10.1. The Bertz CT molecular complexity index is 770. The van der Waals surface area contributed by atoms with Crippen LogP contribution in [0.3, 0.4) is 0 Å². The molecule has 0 aliphatic heterocycles. The summed E-state index contributed by atoms with van der Waals surface area (Å²) in [5.41, 5.74) is 1.86. The Morgan fingerprint density at radius 3 is 2.03 bits per heavy atom. The maximum atomic E-state index is 13.9. The summed E-state index contributed by atoms with van der Waals surface area (Å²) in [7, 11) is 0. The van der Waals surface area contributed by atoms with Crippen LogP contribution in [0, 0.1) is 22.7 Å². The van der Waals surface area contributed by atoms with Crippen LogP contribution in [0.4, 0.5) is 0 Å². The molecule has 0 radical (unpaired) electrons. The van der Waals surface area contributed by atoms with Gasteiger partial charge in [0.1, 0.15) is 5.78 Å². The average Bonchev–Trinajstić information content (AvgIpc) is 2.59. The minimum absolute atomic E-state index is 0.0391. The van der Waals surface area contributed by atoms with Gasteiger partial charge in [0.2, 0.25) is 0 Å². The van der Waals surface area contributed by atoms with Gasteiger partial charge >= 0.3 is 0 Å². The minimum Gasteiger partial charge on any atom is -0.299 e. The standard InChI is InChI=1S/C26H38O3/c1-17(2)9-8-14-25(7)20(11-10-18(3)4)23(28)26(15-12-19(5)6)16-13-21(27)22(25)24(26)29/h9-10,12,20,22H,8,11,13-16H2,1-7H3/t20-,22+,25+,26+/m0/s1. The van der Waals surface area contributed by atoms with Gasteiger partial charge in [-0.3, -0.25) is 14.4 Å². The molecule has 2 saturated carbocycles. The fourth-order valence-corrected chi connectivity index (χ4v) is 5.17. The third-order valence-corrected chi connectivity index (χ3v) is 6.95. The lowest BCUT2D eigenvalue weighted by atomic mass is 9.45. The van der Waals surface area contributed by atoms with Crippen molar-refractivity contribution in [1.82, 2.24) is 0 Å². The highest BCUT2D eigenvalue weighted by atomic mass is 16.2. The van der Waals surface area contributed by atoms with Gasteiger partial charge in [-0.1, -0.05) is 41.9 Å². The largest absolute Gasteiger partial charge is 0.299 e. The minimum atomic E-state index is -1.01. The first kappa shape index (κ1) is 23.5. The molecular weight excluding hydrogens is 360 g/mol. The number of ketones is 3. The van der Waals surface area contributed by atoms with Gasteiger partial charge in [-0.05, 0) is 79.1 Å². The van der Waals surface area contributed by atoms with E-state index in [9.17, 15) is 14.4 Å². The highest BCUT2D eigenvalue weighted by Gasteiger charge is 2.65. The van der Waals surface area contributed by atoms with Crippen LogP contribution in [0.5, 0.6) is 0 Å². The maximum Gasteiger partial charge on any atom is 0.157 e. The van der Waals surface area contributed by atoms with Crippen molar-refractivity contribution >= 4 is 17.3 Å². The number of rotatable bonds is 7. The number of carbonyl (C=O) groups is 3. The molecule has 2 aliphatic carbocycles. The van der Waals surface area contributed by atoms with Crippen LogP contribution < -0.4 is 0 Å². The molecule has 0 aromatic rings. The van der Waals surface area contributed by atoms with Gasteiger partial charge in [-0.2, -0.15) is 0 Å². The van der Waals surface area contributed by atoms with E-state index in [1.165, 1.54) is 5.57 Å². The van der Waals surface area contributed by atoms with Crippen molar-refractivity contribution in [2.24, 2.45) is 22.7 Å². The fourth-order valence-electron chi connectivity index (χ4n) is 5.17. The Kier molecular flexibility index (Phi) is 7.24. The van der Waals surface area contributed by atoms with Gasteiger partial charge < -0.3 is 0 Å². The Labute approximate surface area is 176 Å². The lowest BCUT2D eigenvalue weighted by molar-refractivity contribution is -0.170. The summed E-state index contributed by atoms with van der Waals surface area (Å²) in [6.07, 6.45) is 9.49. The molecule has 0 amide bonds. The quantitative estimate of drug-likeness (QED) is 0.380. The SMILES string of the molecule is CC(C)=CCC[C@@]1(C)[C@@H]2C(=O)CC[C@@](CC=C(C)C)(C2=O)C(=O)[C@@H]1CC=C(C)C. The summed E-state index contributed by atoms with van der Waals surface area (Å²) in [4.78, 5) is 40.6. The van der Waals surface area contributed by atoms with E-state index in [1.54, 1.807) is 0 Å². The molecule has 0 spiro atoms. The molecule has 3 nitrogen and oxygen atoms in total. The molecular formula is C26H38O3. The van der Waals surface area contributed by atoms with Crippen molar-refractivity contribution in [3.05, 3.63) is 34.9 Å². The molecule has 4 atom stereocenters. The van der Waals surface area contributed by atoms with E-state index in [0.717, 1.165) is 17.6 Å². The number of Topliss-reactive ketones (excluding diaryl/α,β-unsaturated/α-hetero) is 3. The topological polar surface area (TPSA) is 51.2 Å². The van der Waals surface area contributed by atoms with Crippen LogP contribution in [0.25, 0.3) is 0 Å². The second kappa shape index (κ2) is 8.93. The van der Waals surface area contributed by atoms with Gasteiger partial charge in [-0.15, -0.1) is 0 Å². The summed E-state index contributed by atoms with van der Waals surface area (Å²) >= 11 is 0. The third-order valence-electron chi connectivity index (χ3n) is 6.95. The molecule has 2 bridgehead atoms. The second-order valence-electron chi connectivity index (χ2n) is 10.1. The van der Waals surface area contributed by atoms with Crippen LogP contribution in [0.1, 0.15) is 87.0 Å². The molecule has 0 heterocycles. The maximum absolute atomic E-state index is 13.9. The number of fused-ring (bicyclic) bond motifs is 2. The molecule has 29 heavy (non-hydrogen) atoms. The van der Waals surface area contributed by atoms with Gasteiger partial charge in [0.15, 0.2) is 11.6 Å². The molecule has 0 unspecified atom stereocenters. The molecule has 2 rings (SSSR count).